The van der Waals surface area contributed by atoms with Gasteiger partial charge >= 0.3 is 0 Å². The van der Waals surface area contributed by atoms with E-state index in [2.05, 4.69) is 15.9 Å². The van der Waals surface area contributed by atoms with E-state index in [9.17, 15) is 9.18 Å². The quantitative estimate of drug-likeness (QED) is 0.433. The molecule has 1 unspecified atom stereocenters. The maximum atomic E-state index is 13.4. The monoisotopic (exact) mass is 480 g/mol. The third-order valence-electron chi connectivity index (χ3n) is 4.77. The second-order valence-electron chi connectivity index (χ2n) is 6.74. The molecule has 0 bridgehead atoms. The van der Waals surface area contributed by atoms with E-state index in [-0.39, 0.29) is 17.4 Å². The van der Waals surface area contributed by atoms with Crippen LogP contribution >= 0.6 is 27.3 Å². The standard InChI is InChI=1S/C23H14BrFN2O2S/c24-16-7-3-14(4-8-16)12-21-22(28)27-19(20-2-1-11-29-20)13-18(26-23(27)30-21)15-5-9-17(25)10-6-15/h1-13,18H/b21-12-. The Bertz CT molecular complexity index is 1420. The van der Waals surface area contributed by atoms with Gasteiger partial charge in [-0.3, -0.25) is 4.79 Å². The Hall–Kier alpha value is -3.03. The Balaban J connectivity index is 1.71. The summed E-state index contributed by atoms with van der Waals surface area (Å²) in [6.45, 7) is 0. The molecule has 1 atom stereocenters. The first-order chi connectivity index (χ1) is 14.6. The maximum Gasteiger partial charge on any atom is 0.274 e. The highest BCUT2D eigenvalue weighted by Gasteiger charge is 2.22. The molecule has 0 N–H and O–H groups in total. The minimum atomic E-state index is -0.343. The van der Waals surface area contributed by atoms with Crippen molar-refractivity contribution < 1.29 is 8.81 Å². The molecule has 3 heterocycles. The molecule has 0 saturated heterocycles. The molecule has 2 aromatic heterocycles. The van der Waals surface area contributed by atoms with Gasteiger partial charge in [-0.15, -0.1) is 0 Å². The number of nitrogens with zero attached hydrogens (tertiary/aromatic N) is 2. The smallest absolute Gasteiger partial charge is 0.274 e. The Morgan fingerprint density at radius 1 is 1.10 bits per heavy atom. The number of rotatable bonds is 3. The van der Waals surface area contributed by atoms with Crippen LogP contribution in [0.4, 0.5) is 4.39 Å². The minimum Gasteiger partial charge on any atom is -0.463 e. The van der Waals surface area contributed by atoms with Crippen LogP contribution in [0.3, 0.4) is 0 Å². The number of fused-ring (bicyclic) bond motifs is 1. The summed E-state index contributed by atoms with van der Waals surface area (Å²) in [6, 6.07) is 17.2. The summed E-state index contributed by atoms with van der Waals surface area (Å²) in [5.74, 6) is 0.276. The van der Waals surface area contributed by atoms with Crippen LogP contribution in [0.25, 0.3) is 11.8 Å². The molecule has 1 aliphatic heterocycles. The molecular weight excluding hydrogens is 467 g/mol. The zero-order valence-corrected chi connectivity index (χ0v) is 17.9. The molecule has 0 radical (unpaired) electrons. The van der Waals surface area contributed by atoms with Crippen molar-refractivity contribution in [2.24, 2.45) is 4.99 Å². The Morgan fingerprint density at radius 3 is 2.57 bits per heavy atom. The van der Waals surface area contributed by atoms with Crippen molar-refractivity contribution in [3.63, 3.8) is 0 Å². The van der Waals surface area contributed by atoms with E-state index >= 15 is 0 Å². The van der Waals surface area contributed by atoms with Gasteiger partial charge in [0.15, 0.2) is 10.6 Å². The number of hydrogen-bond acceptors (Lipinski definition) is 4. The SMILES string of the molecule is O=c1/c(=C/c2ccc(Br)cc2)sc2n1C(c1ccco1)=CC(c1ccc(F)cc1)N=2. The van der Waals surface area contributed by atoms with Crippen LogP contribution in [0.15, 0.2) is 91.7 Å². The first-order valence-corrected chi connectivity index (χ1v) is 10.8. The lowest BCUT2D eigenvalue weighted by Gasteiger charge is -2.16. The summed E-state index contributed by atoms with van der Waals surface area (Å²) in [5.41, 5.74) is 2.25. The van der Waals surface area contributed by atoms with E-state index in [0.717, 1.165) is 15.6 Å². The second kappa shape index (κ2) is 7.66. The third kappa shape index (κ3) is 3.51. The van der Waals surface area contributed by atoms with Gasteiger partial charge < -0.3 is 4.42 Å². The van der Waals surface area contributed by atoms with Crippen molar-refractivity contribution in [1.29, 1.82) is 0 Å². The van der Waals surface area contributed by atoms with Gasteiger partial charge in [-0.2, -0.15) is 0 Å². The molecule has 2 aromatic carbocycles. The molecule has 5 rings (SSSR count). The first-order valence-electron chi connectivity index (χ1n) is 9.17. The molecular formula is C23H14BrFN2O2S. The van der Waals surface area contributed by atoms with Gasteiger partial charge in [0.1, 0.15) is 5.82 Å². The lowest BCUT2D eigenvalue weighted by Crippen LogP contribution is -2.33. The van der Waals surface area contributed by atoms with Crippen molar-refractivity contribution >= 4 is 39.0 Å². The van der Waals surface area contributed by atoms with Gasteiger partial charge in [0.25, 0.3) is 5.56 Å². The van der Waals surface area contributed by atoms with Crippen molar-refractivity contribution in [3.05, 3.63) is 120 Å². The van der Waals surface area contributed by atoms with Crippen LogP contribution in [0.5, 0.6) is 0 Å². The maximum absolute atomic E-state index is 13.4. The molecule has 0 spiro atoms. The first kappa shape index (κ1) is 19.0. The topological polar surface area (TPSA) is 47.5 Å². The van der Waals surface area contributed by atoms with Crippen molar-refractivity contribution in [3.8, 4) is 0 Å². The van der Waals surface area contributed by atoms with Crippen molar-refractivity contribution in [2.75, 3.05) is 0 Å². The average molecular weight is 481 g/mol. The molecule has 30 heavy (non-hydrogen) atoms. The summed E-state index contributed by atoms with van der Waals surface area (Å²) in [6.07, 6.45) is 5.30. The van der Waals surface area contributed by atoms with Crippen molar-refractivity contribution in [2.45, 2.75) is 6.04 Å². The normalized spacial score (nSPS) is 16.1. The molecule has 4 nitrogen and oxygen atoms in total. The summed E-state index contributed by atoms with van der Waals surface area (Å²) in [5, 5.41) is 0. The van der Waals surface area contributed by atoms with Crippen LogP contribution < -0.4 is 14.9 Å². The number of halogens is 2. The van der Waals surface area contributed by atoms with Gasteiger partial charge in [-0.05, 0) is 59.7 Å². The Morgan fingerprint density at radius 2 is 1.87 bits per heavy atom. The fraction of sp³-hybridized carbons (Fsp3) is 0.0435. The van der Waals surface area contributed by atoms with Gasteiger partial charge in [0.2, 0.25) is 0 Å². The number of benzene rings is 2. The van der Waals surface area contributed by atoms with Crippen LogP contribution in [0.1, 0.15) is 22.9 Å². The third-order valence-corrected chi connectivity index (χ3v) is 6.28. The number of furan rings is 1. The summed E-state index contributed by atoms with van der Waals surface area (Å²) in [4.78, 5) is 18.6. The predicted molar refractivity (Wildman–Crippen MR) is 118 cm³/mol. The second-order valence-corrected chi connectivity index (χ2v) is 8.66. The van der Waals surface area contributed by atoms with E-state index in [0.29, 0.717) is 20.8 Å². The molecule has 7 heteroatoms. The molecule has 148 valence electrons. The zero-order chi connectivity index (χ0) is 20.7. The van der Waals surface area contributed by atoms with E-state index < -0.39 is 0 Å². The summed E-state index contributed by atoms with van der Waals surface area (Å²) < 4.78 is 22.1. The van der Waals surface area contributed by atoms with E-state index in [1.807, 2.05) is 42.5 Å². The number of thiazole rings is 1. The lowest BCUT2D eigenvalue weighted by molar-refractivity contribution is 0.545. The number of hydrogen-bond donors (Lipinski definition) is 0. The van der Waals surface area contributed by atoms with E-state index in [1.165, 1.54) is 23.5 Å². The summed E-state index contributed by atoms with van der Waals surface area (Å²) in [7, 11) is 0. The van der Waals surface area contributed by atoms with Gasteiger partial charge in [-0.25, -0.2) is 13.9 Å². The highest BCUT2D eigenvalue weighted by atomic mass is 79.9. The molecule has 1 aliphatic rings. The fourth-order valence-electron chi connectivity index (χ4n) is 3.31. The highest BCUT2D eigenvalue weighted by molar-refractivity contribution is 9.10. The highest BCUT2D eigenvalue weighted by Crippen LogP contribution is 2.27. The van der Waals surface area contributed by atoms with Crippen molar-refractivity contribution in [1.82, 2.24) is 4.57 Å². The molecule has 4 aromatic rings. The van der Waals surface area contributed by atoms with Crippen LogP contribution in [-0.4, -0.2) is 4.57 Å². The fourth-order valence-corrected chi connectivity index (χ4v) is 4.58. The molecule has 0 fully saturated rings. The lowest BCUT2D eigenvalue weighted by atomic mass is 10.0. The molecule has 0 amide bonds. The van der Waals surface area contributed by atoms with Crippen LogP contribution in [0, 0.1) is 5.82 Å². The van der Waals surface area contributed by atoms with Gasteiger partial charge in [-0.1, -0.05) is 51.5 Å². The van der Waals surface area contributed by atoms with Gasteiger partial charge in [0.05, 0.1) is 22.5 Å². The van der Waals surface area contributed by atoms with Crippen LogP contribution in [-0.2, 0) is 0 Å². The Labute approximate surface area is 183 Å². The summed E-state index contributed by atoms with van der Waals surface area (Å²) >= 11 is 4.74. The molecule has 0 saturated carbocycles. The number of aromatic nitrogens is 1. The van der Waals surface area contributed by atoms with Gasteiger partial charge in [0, 0.05) is 4.47 Å². The Kier molecular flexibility index (Phi) is 4.84. The predicted octanol–water partition coefficient (Wildman–Crippen LogP) is 4.50. The van der Waals surface area contributed by atoms with Crippen LogP contribution in [0.2, 0.25) is 0 Å². The minimum absolute atomic E-state index is 0.151. The van der Waals surface area contributed by atoms with E-state index in [4.69, 9.17) is 9.41 Å². The zero-order valence-electron chi connectivity index (χ0n) is 15.5. The molecule has 0 aliphatic carbocycles. The largest absolute Gasteiger partial charge is 0.463 e. The average Bonchev–Trinajstić information content (AvgIpc) is 3.39. The van der Waals surface area contributed by atoms with E-state index in [1.54, 1.807) is 29.0 Å².